The first-order chi connectivity index (χ1) is 27.5. The summed E-state index contributed by atoms with van der Waals surface area (Å²) in [7, 11) is 0. The largest absolute Gasteiger partial charge is 0.462 e. The maximum Gasteiger partial charge on any atom is 0.306 e. The maximum absolute atomic E-state index is 13.1. The van der Waals surface area contributed by atoms with Crippen molar-refractivity contribution < 1.29 is 24.5 Å². The quantitative estimate of drug-likeness (QED) is 0.0324. The second kappa shape index (κ2) is 44.4. The van der Waals surface area contributed by atoms with Gasteiger partial charge < -0.3 is 20.3 Å². The summed E-state index contributed by atoms with van der Waals surface area (Å²) in [6.07, 6.45) is 49.4. The van der Waals surface area contributed by atoms with E-state index in [1.165, 1.54) is 161 Å². The zero-order valence-electron chi connectivity index (χ0n) is 37.5. The fraction of sp³-hybridized carbons (Fsp3) is 0.880. The van der Waals surface area contributed by atoms with E-state index in [0.29, 0.717) is 19.3 Å². The topological polar surface area (TPSA) is 95.9 Å². The molecule has 0 aliphatic carbocycles. The van der Waals surface area contributed by atoms with Gasteiger partial charge in [0.2, 0.25) is 5.91 Å². The van der Waals surface area contributed by atoms with E-state index in [2.05, 4.69) is 50.4 Å². The number of ether oxygens (including phenoxy) is 1. The Morgan fingerprint density at radius 2 is 0.893 bits per heavy atom. The van der Waals surface area contributed by atoms with Gasteiger partial charge in [-0.15, -0.1) is 0 Å². The van der Waals surface area contributed by atoms with Crippen LogP contribution in [-0.2, 0) is 14.3 Å². The van der Waals surface area contributed by atoms with Crippen molar-refractivity contribution in [1.29, 1.82) is 0 Å². The number of carbonyl (C=O) groups excluding carboxylic acids is 2. The molecule has 0 aliphatic rings. The normalized spacial score (nSPS) is 13.4. The third-order valence-electron chi connectivity index (χ3n) is 11.3. The second-order valence-electron chi connectivity index (χ2n) is 16.9. The van der Waals surface area contributed by atoms with Crippen LogP contribution in [-0.4, -0.2) is 46.9 Å². The molecule has 3 unspecified atom stereocenters. The standard InChI is InChI=1S/C50H95NO5/c1-4-7-10-13-16-19-22-23-24-25-28-31-34-37-40-43-50(55)56-46(41-38-35-32-29-26-20-17-14-11-8-5-2)44-49(54)51-47(45-52)48(53)42-39-36-33-30-27-21-18-15-12-9-6-3/h16,19,22-23,46-48,52-53H,4-15,17-18,20-21,24-45H2,1-3H3,(H,51,54)/b19-16+,23-22+. The molecule has 0 spiro atoms. The SMILES string of the molecule is CCCCC/C=C/C=C/CCCCCCCCC(=O)OC(CCCCCCCCCCCCC)CC(=O)NC(CO)C(O)CCCCCCCCCCCCC. The van der Waals surface area contributed by atoms with Crippen molar-refractivity contribution in [1.82, 2.24) is 5.32 Å². The number of esters is 1. The molecule has 6 nitrogen and oxygen atoms in total. The average Bonchev–Trinajstić information content (AvgIpc) is 3.19. The van der Waals surface area contributed by atoms with Crippen LogP contribution in [0.3, 0.4) is 0 Å². The summed E-state index contributed by atoms with van der Waals surface area (Å²) in [5, 5.41) is 23.7. The predicted molar refractivity (Wildman–Crippen MR) is 241 cm³/mol. The number of amides is 1. The Morgan fingerprint density at radius 3 is 1.36 bits per heavy atom. The number of unbranched alkanes of at least 4 members (excludes halogenated alkanes) is 29. The minimum atomic E-state index is -0.783. The van der Waals surface area contributed by atoms with Crippen LogP contribution in [0.5, 0.6) is 0 Å². The Kier molecular flexibility index (Phi) is 43.1. The summed E-state index contributed by atoms with van der Waals surface area (Å²) in [6.45, 7) is 6.45. The third kappa shape index (κ3) is 39.2. The highest BCUT2D eigenvalue weighted by Gasteiger charge is 2.24. The van der Waals surface area contributed by atoms with Crippen LogP contribution < -0.4 is 5.32 Å². The predicted octanol–water partition coefficient (Wildman–Crippen LogP) is 14.3. The Labute approximate surface area is 348 Å². The molecule has 0 saturated heterocycles. The number of hydrogen-bond acceptors (Lipinski definition) is 5. The van der Waals surface area contributed by atoms with Gasteiger partial charge in [-0.2, -0.15) is 0 Å². The van der Waals surface area contributed by atoms with Crippen LogP contribution in [0.1, 0.15) is 258 Å². The van der Waals surface area contributed by atoms with Crippen LogP contribution in [0, 0.1) is 0 Å². The fourth-order valence-electron chi connectivity index (χ4n) is 7.54. The molecular formula is C50H95NO5. The molecule has 0 aromatic carbocycles. The molecule has 0 heterocycles. The van der Waals surface area contributed by atoms with E-state index in [-0.39, 0.29) is 24.9 Å². The maximum atomic E-state index is 13.1. The van der Waals surface area contributed by atoms with Gasteiger partial charge in [-0.25, -0.2) is 0 Å². The van der Waals surface area contributed by atoms with Gasteiger partial charge in [-0.1, -0.05) is 218 Å². The zero-order chi connectivity index (χ0) is 41.0. The average molecular weight is 790 g/mol. The van der Waals surface area contributed by atoms with Gasteiger partial charge in [0.1, 0.15) is 6.10 Å². The van der Waals surface area contributed by atoms with E-state index in [9.17, 15) is 19.8 Å². The molecule has 1 amide bonds. The molecule has 6 heteroatoms. The van der Waals surface area contributed by atoms with Crippen LogP contribution >= 0.6 is 0 Å². The van der Waals surface area contributed by atoms with E-state index in [1.807, 2.05) is 0 Å². The number of rotatable bonds is 44. The first-order valence-corrected chi connectivity index (χ1v) is 24.6. The van der Waals surface area contributed by atoms with Gasteiger partial charge in [0.05, 0.1) is 25.2 Å². The van der Waals surface area contributed by atoms with Gasteiger partial charge >= 0.3 is 5.97 Å². The highest BCUT2D eigenvalue weighted by molar-refractivity contribution is 5.77. The van der Waals surface area contributed by atoms with E-state index in [0.717, 1.165) is 51.4 Å². The van der Waals surface area contributed by atoms with E-state index in [1.54, 1.807) is 0 Å². The second-order valence-corrected chi connectivity index (χ2v) is 16.9. The van der Waals surface area contributed by atoms with Crippen LogP contribution in [0.15, 0.2) is 24.3 Å². The van der Waals surface area contributed by atoms with Gasteiger partial charge in [-0.05, 0) is 51.4 Å². The van der Waals surface area contributed by atoms with Gasteiger partial charge in [0, 0.05) is 6.42 Å². The number of nitrogens with one attached hydrogen (secondary N) is 1. The lowest BCUT2D eigenvalue weighted by molar-refractivity contribution is -0.151. The first kappa shape index (κ1) is 54.3. The van der Waals surface area contributed by atoms with Crippen molar-refractivity contribution in [3.8, 4) is 0 Å². The Hall–Kier alpha value is -1.66. The monoisotopic (exact) mass is 790 g/mol. The summed E-state index contributed by atoms with van der Waals surface area (Å²) in [5.74, 6) is -0.477. The molecule has 0 bridgehead atoms. The van der Waals surface area contributed by atoms with E-state index >= 15 is 0 Å². The van der Waals surface area contributed by atoms with Crippen LogP contribution in [0.4, 0.5) is 0 Å². The number of allylic oxidation sites excluding steroid dienone is 4. The molecule has 0 saturated carbocycles. The number of aliphatic hydroxyl groups is 2. The van der Waals surface area contributed by atoms with Crippen molar-refractivity contribution in [2.45, 2.75) is 277 Å². The summed E-state index contributed by atoms with van der Waals surface area (Å²) >= 11 is 0. The summed E-state index contributed by atoms with van der Waals surface area (Å²) in [5.41, 5.74) is 0. The van der Waals surface area contributed by atoms with Crippen molar-refractivity contribution >= 4 is 11.9 Å². The molecule has 0 rings (SSSR count). The lowest BCUT2D eigenvalue weighted by atomic mass is 10.0. The Morgan fingerprint density at radius 1 is 0.518 bits per heavy atom. The molecular weight excluding hydrogens is 695 g/mol. The molecule has 3 N–H and O–H groups in total. The highest BCUT2D eigenvalue weighted by Crippen LogP contribution is 2.18. The third-order valence-corrected chi connectivity index (χ3v) is 11.3. The van der Waals surface area contributed by atoms with Gasteiger partial charge in [-0.3, -0.25) is 9.59 Å². The zero-order valence-corrected chi connectivity index (χ0v) is 37.5. The molecule has 0 aromatic rings. The van der Waals surface area contributed by atoms with Crippen molar-refractivity contribution in [3.63, 3.8) is 0 Å². The number of aliphatic hydroxyl groups excluding tert-OH is 2. The van der Waals surface area contributed by atoms with Gasteiger partial charge in [0.15, 0.2) is 0 Å². The van der Waals surface area contributed by atoms with Gasteiger partial charge in [0.25, 0.3) is 0 Å². The smallest absolute Gasteiger partial charge is 0.306 e. The molecule has 56 heavy (non-hydrogen) atoms. The minimum Gasteiger partial charge on any atom is -0.462 e. The first-order valence-electron chi connectivity index (χ1n) is 24.6. The van der Waals surface area contributed by atoms with E-state index < -0.39 is 18.2 Å². The van der Waals surface area contributed by atoms with Crippen molar-refractivity contribution in [2.75, 3.05) is 6.61 Å². The van der Waals surface area contributed by atoms with Crippen LogP contribution in [0.2, 0.25) is 0 Å². The van der Waals surface area contributed by atoms with E-state index in [4.69, 9.17) is 4.74 Å². The molecule has 330 valence electrons. The lowest BCUT2D eigenvalue weighted by Gasteiger charge is -2.24. The molecule has 0 fully saturated rings. The molecule has 0 aliphatic heterocycles. The lowest BCUT2D eigenvalue weighted by Crippen LogP contribution is -2.46. The summed E-state index contributed by atoms with van der Waals surface area (Å²) in [4.78, 5) is 26.0. The van der Waals surface area contributed by atoms with Crippen molar-refractivity contribution in [2.24, 2.45) is 0 Å². The minimum absolute atomic E-state index is 0.0776. The molecule has 0 aromatic heterocycles. The van der Waals surface area contributed by atoms with Crippen molar-refractivity contribution in [3.05, 3.63) is 24.3 Å². The van der Waals surface area contributed by atoms with Crippen LogP contribution in [0.25, 0.3) is 0 Å². The highest BCUT2D eigenvalue weighted by atomic mass is 16.5. The molecule has 3 atom stereocenters. The summed E-state index contributed by atoms with van der Waals surface area (Å²) < 4.78 is 5.91. The Balaban J connectivity index is 4.55. The number of carbonyl (C=O) groups is 2. The molecule has 0 radical (unpaired) electrons. The summed E-state index contributed by atoms with van der Waals surface area (Å²) in [6, 6.07) is -0.697. The Bertz CT molecular complexity index is 889. The fourth-order valence-corrected chi connectivity index (χ4v) is 7.54. The number of hydrogen-bond donors (Lipinski definition) is 3.